The number of hydrogen-bond acceptors (Lipinski definition) is 7. The summed E-state index contributed by atoms with van der Waals surface area (Å²) in [5.74, 6) is 0.227. The van der Waals surface area contributed by atoms with Crippen LogP contribution in [0, 0.1) is 17.8 Å². The van der Waals surface area contributed by atoms with Crippen LogP contribution in [0.2, 0.25) is 0 Å². The van der Waals surface area contributed by atoms with Crippen LogP contribution in [0.3, 0.4) is 0 Å². The van der Waals surface area contributed by atoms with E-state index in [1.807, 2.05) is 6.20 Å². The average molecular weight is 545 g/mol. The molecule has 3 aliphatic carbocycles. The Balaban J connectivity index is 1.24. The van der Waals surface area contributed by atoms with Crippen LogP contribution >= 0.6 is 0 Å². The number of fused-ring (bicyclic) bond motifs is 3. The minimum atomic E-state index is -1.23. The molecular formula is C29H41FN4O5. The molecule has 6 fully saturated rings. The van der Waals surface area contributed by atoms with Gasteiger partial charge in [0.1, 0.15) is 6.17 Å². The van der Waals surface area contributed by atoms with Crippen molar-refractivity contribution in [3.8, 4) is 0 Å². The summed E-state index contributed by atoms with van der Waals surface area (Å²) in [6.07, 6.45) is 8.10. The predicted octanol–water partition coefficient (Wildman–Crippen LogP) is 1.22. The molecule has 0 aromatic carbocycles. The Hall–Kier alpha value is -2.04. The topological polar surface area (TPSA) is 82.6 Å². The standard InChI is InChI=1S/C29H41FN4O5/c30-22-15-20-25-28(26(22)32-7-5-31(17-35)6-8-32)39-24-14-19-4-2-1-3-18(19)13-23(24)34(25)16-21(27(20)36)29(37)33-9-11-38-12-10-33/h16-20,22-26,28H,1-15H2. The van der Waals surface area contributed by atoms with E-state index in [0.717, 1.165) is 19.3 Å². The largest absolute Gasteiger partial charge is 0.378 e. The van der Waals surface area contributed by atoms with Gasteiger partial charge >= 0.3 is 0 Å². The molecule has 7 aliphatic rings. The Morgan fingerprint density at radius 1 is 0.949 bits per heavy atom. The third-order valence-corrected chi connectivity index (χ3v) is 10.9. The summed E-state index contributed by atoms with van der Waals surface area (Å²) in [6, 6.07) is -0.607. The first-order chi connectivity index (χ1) is 19.0. The smallest absolute Gasteiger partial charge is 0.259 e. The highest BCUT2D eigenvalue weighted by Gasteiger charge is 2.60. The number of alkyl halides is 1. The highest BCUT2D eigenvalue weighted by molar-refractivity contribution is 6.20. The molecule has 0 radical (unpaired) electrons. The molecule has 9 unspecified atom stereocenters. The van der Waals surface area contributed by atoms with Crippen LogP contribution in [0.1, 0.15) is 44.9 Å². The second kappa shape index (κ2) is 10.4. The van der Waals surface area contributed by atoms with Gasteiger partial charge in [-0.05, 0) is 31.1 Å². The van der Waals surface area contributed by atoms with Crippen molar-refractivity contribution in [2.75, 3.05) is 52.5 Å². The van der Waals surface area contributed by atoms with Gasteiger partial charge in [0.05, 0.1) is 49.1 Å². The number of carbonyl (C=O) groups is 3. The zero-order valence-electron chi connectivity index (χ0n) is 22.7. The zero-order chi connectivity index (χ0) is 26.7. The lowest BCUT2D eigenvalue weighted by Gasteiger charge is -2.62. The molecule has 0 spiro atoms. The van der Waals surface area contributed by atoms with E-state index in [1.165, 1.54) is 25.7 Å². The summed E-state index contributed by atoms with van der Waals surface area (Å²) < 4.78 is 28.6. The maximum Gasteiger partial charge on any atom is 0.259 e. The van der Waals surface area contributed by atoms with E-state index in [-0.39, 0.29) is 41.9 Å². The highest BCUT2D eigenvalue weighted by atomic mass is 19.1. The Labute approximate surface area is 229 Å². The minimum Gasteiger partial charge on any atom is -0.378 e. The lowest BCUT2D eigenvalue weighted by atomic mass is 9.64. The first-order valence-corrected chi connectivity index (χ1v) is 15.2. The quantitative estimate of drug-likeness (QED) is 0.390. The van der Waals surface area contributed by atoms with Crippen LogP contribution in [0.25, 0.3) is 0 Å². The van der Waals surface area contributed by atoms with E-state index in [4.69, 9.17) is 9.47 Å². The first kappa shape index (κ1) is 25.9. The lowest BCUT2D eigenvalue weighted by molar-refractivity contribution is -0.222. The zero-order valence-corrected chi connectivity index (χ0v) is 22.7. The molecule has 7 rings (SSSR count). The van der Waals surface area contributed by atoms with E-state index < -0.39 is 24.2 Å². The van der Waals surface area contributed by atoms with Crippen molar-refractivity contribution in [1.82, 2.24) is 19.6 Å². The second-order valence-electron chi connectivity index (χ2n) is 12.8. The fraction of sp³-hybridized carbons (Fsp3) is 0.828. The Kier molecular flexibility index (Phi) is 6.92. The molecule has 0 aromatic rings. The number of amides is 2. The van der Waals surface area contributed by atoms with Gasteiger partial charge in [-0.15, -0.1) is 0 Å². The van der Waals surface area contributed by atoms with Gasteiger partial charge in [-0.1, -0.05) is 25.7 Å². The summed E-state index contributed by atoms with van der Waals surface area (Å²) in [7, 11) is 0. The lowest BCUT2D eigenvalue weighted by Crippen LogP contribution is -2.74. The Morgan fingerprint density at radius 2 is 1.67 bits per heavy atom. The number of piperazine rings is 1. The summed E-state index contributed by atoms with van der Waals surface area (Å²) in [5.41, 5.74) is 0.216. The third-order valence-electron chi connectivity index (χ3n) is 10.9. The molecule has 39 heavy (non-hydrogen) atoms. The number of hydrogen-bond donors (Lipinski definition) is 0. The molecule has 4 heterocycles. The van der Waals surface area contributed by atoms with Crippen molar-refractivity contribution in [2.24, 2.45) is 17.8 Å². The monoisotopic (exact) mass is 544 g/mol. The molecule has 9 nitrogen and oxygen atoms in total. The molecule has 4 aliphatic heterocycles. The number of rotatable bonds is 3. The summed E-state index contributed by atoms with van der Waals surface area (Å²) >= 11 is 0. The van der Waals surface area contributed by atoms with Crippen LogP contribution in [-0.4, -0.2) is 127 Å². The van der Waals surface area contributed by atoms with Crippen molar-refractivity contribution in [3.05, 3.63) is 11.8 Å². The molecule has 0 N–H and O–H groups in total. The predicted molar refractivity (Wildman–Crippen MR) is 139 cm³/mol. The van der Waals surface area contributed by atoms with Crippen molar-refractivity contribution in [3.63, 3.8) is 0 Å². The van der Waals surface area contributed by atoms with Gasteiger partial charge in [0.15, 0.2) is 5.78 Å². The first-order valence-electron chi connectivity index (χ1n) is 15.2. The molecule has 0 bridgehead atoms. The second-order valence-corrected chi connectivity index (χ2v) is 12.8. The van der Waals surface area contributed by atoms with Gasteiger partial charge in [0, 0.05) is 51.4 Å². The highest BCUT2D eigenvalue weighted by Crippen LogP contribution is 2.50. The van der Waals surface area contributed by atoms with Gasteiger partial charge in [-0.3, -0.25) is 19.3 Å². The minimum absolute atomic E-state index is 0.0282. The Bertz CT molecular complexity index is 1010. The Morgan fingerprint density at radius 3 is 2.38 bits per heavy atom. The normalized spacial score (nSPS) is 42.7. The number of morpholine rings is 2. The molecule has 214 valence electrons. The molecule has 2 amide bonds. The summed E-state index contributed by atoms with van der Waals surface area (Å²) in [6.45, 7) is 4.23. The van der Waals surface area contributed by atoms with Gasteiger partial charge in [0.25, 0.3) is 5.91 Å². The van der Waals surface area contributed by atoms with Gasteiger partial charge < -0.3 is 24.2 Å². The van der Waals surface area contributed by atoms with Crippen LogP contribution in [-0.2, 0) is 23.9 Å². The van der Waals surface area contributed by atoms with Gasteiger partial charge in [0.2, 0.25) is 6.41 Å². The molecule has 3 saturated carbocycles. The molecule has 10 heteroatoms. The van der Waals surface area contributed by atoms with E-state index in [1.54, 1.807) is 9.80 Å². The number of ketones is 1. The molecular weight excluding hydrogens is 503 g/mol. The van der Waals surface area contributed by atoms with E-state index in [2.05, 4.69) is 9.80 Å². The average Bonchev–Trinajstić information content (AvgIpc) is 2.97. The van der Waals surface area contributed by atoms with Crippen molar-refractivity contribution in [2.45, 2.75) is 81.5 Å². The van der Waals surface area contributed by atoms with Gasteiger partial charge in [-0.2, -0.15) is 0 Å². The van der Waals surface area contributed by atoms with Crippen LogP contribution < -0.4 is 0 Å². The number of halogens is 1. The SMILES string of the molecule is O=CN1CCN(C2C(F)CC3C(=O)C(C(=O)N4CCOCC4)=CN4C5CC6CCCCC6CC5OC2C34)CC1. The maximum absolute atomic E-state index is 16.2. The van der Waals surface area contributed by atoms with Crippen molar-refractivity contribution in [1.29, 1.82) is 0 Å². The summed E-state index contributed by atoms with van der Waals surface area (Å²) in [5, 5.41) is 0. The molecule has 9 atom stereocenters. The van der Waals surface area contributed by atoms with Crippen LogP contribution in [0.5, 0.6) is 0 Å². The fourth-order valence-corrected chi connectivity index (χ4v) is 8.93. The number of nitrogens with zero attached hydrogens (tertiary/aromatic N) is 4. The van der Waals surface area contributed by atoms with E-state index in [0.29, 0.717) is 64.3 Å². The summed E-state index contributed by atoms with van der Waals surface area (Å²) in [4.78, 5) is 46.8. The van der Waals surface area contributed by atoms with Crippen LogP contribution in [0.4, 0.5) is 4.39 Å². The molecule has 3 saturated heterocycles. The number of ether oxygens (including phenoxy) is 2. The van der Waals surface area contributed by atoms with Crippen molar-refractivity contribution >= 4 is 18.1 Å². The van der Waals surface area contributed by atoms with Gasteiger partial charge in [-0.25, -0.2) is 4.39 Å². The van der Waals surface area contributed by atoms with Crippen molar-refractivity contribution < 1.29 is 28.2 Å². The fourth-order valence-electron chi connectivity index (χ4n) is 8.93. The maximum atomic E-state index is 16.2. The van der Waals surface area contributed by atoms with E-state index >= 15 is 4.39 Å². The van der Waals surface area contributed by atoms with E-state index in [9.17, 15) is 14.4 Å². The van der Waals surface area contributed by atoms with Crippen LogP contribution in [0.15, 0.2) is 11.8 Å². The molecule has 0 aromatic heterocycles. The number of carbonyl (C=O) groups excluding carboxylic acids is 3. The third kappa shape index (κ3) is 4.41. The number of Topliss-reactive ketones (excluding diaryl/α,β-unsaturated/α-hetero) is 1.